The van der Waals surface area contributed by atoms with Crippen molar-refractivity contribution in [1.29, 1.82) is 0 Å². The maximum Gasteiger partial charge on any atom is 0.226 e. The van der Waals surface area contributed by atoms with Gasteiger partial charge in [-0.3, -0.25) is 9.59 Å². The molecule has 2 aromatic rings. The largest absolute Gasteiger partial charge is 0.326 e. The lowest BCUT2D eigenvalue weighted by Gasteiger charge is -2.24. The molecule has 0 radical (unpaired) electrons. The minimum Gasteiger partial charge on any atom is -0.326 e. The lowest BCUT2D eigenvalue weighted by atomic mass is 10.1. The highest BCUT2D eigenvalue weighted by Gasteiger charge is 2.19. The molecule has 0 saturated carbocycles. The van der Waals surface area contributed by atoms with Crippen molar-refractivity contribution in [2.75, 3.05) is 16.8 Å². The number of hydrogen-bond acceptors (Lipinski definition) is 2. The molecule has 0 saturated heterocycles. The number of aryl methyl sites for hydroxylation is 4. The fourth-order valence-electron chi connectivity index (χ4n) is 2.97. The summed E-state index contributed by atoms with van der Waals surface area (Å²) in [5.74, 6) is -0.274. The van der Waals surface area contributed by atoms with E-state index in [1.54, 1.807) is 4.90 Å². The number of carbonyl (C=O) groups excluding carboxylic acids is 2. The lowest BCUT2D eigenvalue weighted by Crippen LogP contribution is -2.32. The van der Waals surface area contributed by atoms with Crippen LogP contribution in [-0.2, 0) is 9.59 Å². The molecule has 2 rings (SSSR count). The van der Waals surface area contributed by atoms with E-state index in [0.717, 1.165) is 27.9 Å². The number of nitrogens with zero attached hydrogens (tertiary/aromatic N) is 1. The number of rotatable bonds is 5. The van der Waals surface area contributed by atoms with E-state index in [4.69, 9.17) is 11.6 Å². The molecule has 0 aliphatic rings. The second kappa shape index (κ2) is 8.37. The highest BCUT2D eigenvalue weighted by molar-refractivity contribution is 6.34. The number of benzene rings is 2. The zero-order valence-electron chi connectivity index (χ0n) is 15.9. The van der Waals surface area contributed by atoms with E-state index in [1.165, 1.54) is 6.92 Å². The first-order valence-corrected chi connectivity index (χ1v) is 8.98. The summed E-state index contributed by atoms with van der Waals surface area (Å²) in [5.41, 5.74) is 5.51. The SMILES string of the molecule is CC(=O)N(CCC(=O)Nc1cc(C)ccc1C)c1c(C)cc(C)cc1Cl. The molecule has 1 N–H and O–H groups in total. The van der Waals surface area contributed by atoms with Crippen molar-refractivity contribution in [2.24, 2.45) is 0 Å². The van der Waals surface area contributed by atoms with Crippen LogP contribution in [0.5, 0.6) is 0 Å². The van der Waals surface area contributed by atoms with E-state index in [9.17, 15) is 9.59 Å². The van der Waals surface area contributed by atoms with Gasteiger partial charge < -0.3 is 10.2 Å². The van der Waals surface area contributed by atoms with E-state index < -0.39 is 0 Å². The van der Waals surface area contributed by atoms with Gasteiger partial charge in [0.1, 0.15) is 0 Å². The maximum atomic E-state index is 12.4. The van der Waals surface area contributed by atoms with Crippen molar-refractivity contribution in [3.05, 3.63) is 57.6 Å². The van der Waals surface area contributed by atoms with Crippen molar-refractivity contribution in [3.8, 4) is 0 Å². The molecule has 5 heteroatoms. The van der Waals surface area contributed by atoms with E-state index >= 15 is 0 Å². The Bertz CT molecular complexity index is 823. The molecule has 0 aliphatic carbocycles. The predicted octanol–water partition coefficient (Wildman–Crippen LogP) is 4.96. The van der Waals surface area contributed by atoms with Gasteiger partial charge in [0.15, 0.2) is 0 Å². The van der Waals surface area contributed by atoms with Gasteiger partial charge in [0.2, 0.25) is 11.8 Å². The van der Waals surface area contributed by atoms with Crippen LogP contribution in [0.1, 0.15) is 35.6 Å². The average Bonchev–Trinajstić information content (AvgIpc) is 2.52. The number of carbonyl (C=O) groups is 2. The highest BCUT2D eigenvalue weighted by Crippen LogP contribution is 2.31. The normalized spacial score (nSPS) is 10.5. The van der Waals surface area contributed by atoms with Crippen LogP contribution in [-0.4, -0.2) is 18.4 Å². The van der Waals surface area contributed by atoms with Crippen LogP contribution in [0.25, 0.3) is 0 Å². The minimum atomic E-state index is -0.140. The van der Waals surface area contributed by atoms with Crippen LogP contribution in [0.15, 0.2) is 30.3 Å². The molecule has 0 bridgehead atoms. The first-order chi connectivity index (χ1) is 12.2. The first kappa shape index (κ1) is 20.0. The summed E-state index contributed by atoms with van der Waals surface area (Å²) in [6.07, 6.45) is 0.191. The quantitative estimate of drug-likeness (QED) is 0.806. The third-order valence-corrected chi connectivity index (χ3v) is 4.57. The first-order valence-electron chi connectivity index (χ1n) is 8.61. The van der Waals surface area contributed by atoms with Crippen molar-refractivity contribution >= 4 is 34.8 Å². The van der Waals surface area contributed by atoms with Crippen molar-refractivity contribution in [2.45, 2.75) is 41.0 Å². The molecule has 0 aliphatic heterocycles. The second-order valence-corrected chi connectivity index (χ2v) is 7.11. The molecule has 0 heterocycles. The molecule has 138 valence electrons. The Balaban J connectivity index is 2.13. The summed E-state index contributed by atoms with van der Waals surface area (Å²) in [6, 6.07) is 9.73. The third kappa shape index (κ3) is 4.85. The van der Waals surface area contributed by atoms with Crippen LogP contribution in [0, 0.1) is 27.7 Å². The van der Waals surface area contributed by atoms with Gasteiger partial charge in [0, 0.05) is 25.6 Å². The third-order valence-electron chi connectivity index (χ3n) is 4.28. The molecule has 2 amide bonds. The molecular weight excluding hydrogens is 348 g/mol. The number of hydrogen-bond donors (Lipinski definition) is 1. The maximum absolute atomic E-state index is 12.4. The Labute approximate surface area is 160 Å². The van der Waals surface area contributed by atoms with Crippen molar-refractivity contribution in [1.82, 2.24) is 0 Å². The van der Waals surface area contributed by atoms with Gasteiger partial charge in [-0.15, -0.1) is 0 Å². The Kier molecular flexibility index (Phi) is 6.43. The molecule has 0 unspecified atom stereocenters. The van der Waals surface area contributed by atoms with E-state index in [2.05, 4.69) is 5.32 Å². The monoisotopic (exact) mass is 372 g/mol. The van der Waals surface area contributed by atoms with Crippen molar-refractivity contribution < 1.29 is 9.59 Å². The summed E-state index contributed by atoms with van der Waals surface area (Å²) in [5, 5.41) is 3.45. The van der Waals surface area contributed by atoms with Crippen LogP contribution in [0.3, 0.4) is 0 Å². The summed E-state index contributed by atoms with van der Waals surface area (Å²) in [6.45, 7) is 9.56. The summed E-state index contributed by atoms with van der Waals surface area (Å²) < 4.78 is 0. The van der Waals surface area contributed by atoms with Crippen LogP contribution >= 0.6 is 11.6 Å². The van der Waals surface area contributed by atoms with Gasteiger partial charge in [-0.05, 0) is 62.1 Å². The molecule has 2 aromatic carbocycles. The Hall–Kier alpha value is -2.33. The molecule has 0 spiro atoms. The number of nitrogens with one attached hydrogen (secondary N) is 1. The van der Waals surface area contributed by atoms with Crippen LogP contribution < -0.4 is 10.2 Å². The predicted molar refractivity (Wildman–Crippen MR) is 108 cm³/mol. The summed E-state index contributed by atoms with van der Waals surface area (Å²) >= 11 is 6.36. The van der Waals surface area contributed by atoms with Gasteiger partial charge in [-0.25, -0.2) is 0 Å². The van der Waals surface area contributed by atoms with Crippen LogP contribution in [0.4, 0.5) is 11.4 Å². The molecule has 0 atom stereocenters. The smallest absolute Gasteiger partial charge is 0.226 e. The topological polar surface area (TPSA) is 49.4 Å². The fraction of sp³-hybridized carbons (Fsp3) is 0.333. The van der Waals surface area contributed by atoms with Crippen molar-refractivity contribution in [3.63, 3.8) is 0 Å². The minimum absolute atomic E-state index is 0.133. The van der Waals surface area contributed by atoms with Crippen LogP contribution in [0.2, 0.25) is 5.02 Å². The fourth-order valence-corrected chi connectivity index (χ4v) is 3.40. The summed E-state index contributed by atoms with van der Waals surface area (Å²) in [4.78, 5) is 26.1. The van der Waals surface area contributed by atoms with Gasteiger partial charge in [-0.1, -0.05) is 29.8 Å². The molecule has 0 fully saturated rings. The second-order valence-electron chi connectivity index (χ2n) is 6.70. The highest BCUT2D eigenvalue weighted by atomic mass is 35.5. The molecule has 0 aromatic heterocycles. The Morgan fingerprint density at radius 1 is 1.00 bits per heavy atom. The zero-order chi connectivity index (χ0) is 19.4. The van der Waals surface area contributed by atoms with E-state index in [0.29, 0.717) is 10.7 Å². The Morgan fingerprint density at radius 2 is 1.69 bits per heavy atom. The lowest BCUT2D eigenvalue weighted by molar-refractivity contribution is -0.117. The van der Waals surface area contributed by atoms with E-state index in [1.807, 2.05) is 58.0 Å². The molecule has 4 nitrogen and oxygen atoms in total. The number of amides is 2. The van der Waals surface area contributed by atoms with Gasteiger partial charge in [0.25, 0.3) is 0 Å². The van der Waals surface area contributed by atoms with E-state index in [-0.39, 0.29) is 24.8 Å². The standard InChI is InChI=1S/C21H25ClN2O2/c1-13-6-7-15(3)19(12-13)23-20(26)8-9-24(17(5)25)21-16(4)10-14(2)11-18(21)22/h6-7,10-12H,8-9H2,1-5H3,(H,23,26). The molecule has 26 heavy (non-hydrogen) atoms. The van der Waals surface area contributed by atoms with Gasteiger partial charge in [-0.2, -0.15) is 0 Å². The average molecular weight is 373 g/mol. The summed E-state index contributed by atoms with van der Waals surface area (Å²) in [7, 11) is 0. The van der Waals surface area contributed by atoms with Gasteiger partial charge >= 0.3 is 0 Å². The zero-order valence-corrected chi connectivity index (χ0v) is 16.7. The Morgan fingerprint density at radius 3 is 2.31 bits per heavy atom. The molecular formula is C21H25ClN2O2. The number of anilines is 2. The van der Waals surface area contributed by atoms with Gasteiger partial charge in [0.05, 0.1) is 10.7 Å². The number of halogens is 1.